The number of nitrogens with zero attached hydrogens (tertiary/aromatic N) is 3. The van der Waals surface area contributed by atoms with Crippen LogP contribution in [0.15, 0.2) is 66.9 Å². The Bertz CT molecular complexity index is 2070. The molecular weight excluding hydrogens is 487 g/mol. The topological polar surface area (TPSA) is 32.1 Å². The normalized spacial score (nSPS) is 12.7. The Balaban J connectivity index is 2.01. The molecule has 0 unspecified atom stereocenters. The van der Waals surface area contributed by atoms with Gasteiger partial charge in [-0.1, -0.05) is 0 Å². The number of rotatable bonds is 1. The molecule has 0 aliphatic heterocycles. The number of fused-ring (bicyclic) bond motifs is 7. The van der Waals surface area contributed by atoms with E-state index in [2.05, 4.69) is 107 Å². The molecule has 4 heteroatoms. The molecule has 0 fully saturated rings. The van der Waals surface area contributed by atoms with E-state index in [0.29, 0.717) is 0 Å². The molecule has 0 N–H and O–H groups in total. The SMILES string of the molecule is Cc1c2ccccc2c(C#N)c2c1c1c3c(cc[n+]1C)c[c]([Ge]([CH3])([CH3])[CH3])c1c4ccccc4n2c13. The van der Waals surface area contributed by atoms with Crippen molar-refractivity contribution in [3.63, 3.8) is 0 Å². The zero-order chi connectivity index (χ0) is 24.2. The van der Waals surface area contributed by atoms with E-state index in [0.717, 1.165) is 21.9 Å². The Hall–Kier alpha value is -3.62. The van der Waals surface area contributed by atoms with Gasteiger partial charge in [-0.15, -0.1) is 0 Å². The van der Waals surface area contributed by atoms with Crippen molar-refractivity contribution >= 4 is 77.4 Å². The van der Waals surface area contributed by atoms with Gasteiger partial charge in [0.15, 0.2) is 0 Å². The number of nitriles is 1. The molecule has 0 saturated heterocycles. The number of benzene rings is 4. The minimum atomic E-state index is -2.26. The van der Waals surface area contributed by atoms with E-state index in [1.807, 2.05) is 6.07 Å². The summed E-state index contributed by atoms with van der Waals surface area (Å²) < 4.78 is 6.20. The summed E-state index contributed by atoms with van der Waals surface area (Å²) >= 11 is -2.26. The van der Waals surface area contributed by atoms with E-state index in [-0.39, 0.29) is 0 Å². The maximum absolute atomic E-state index is 10.6. The monoisotopic (exact) mass is 514 g/mol. The number of hydrogen-bond donors (Lipinski definition) is 0. The quantitative estimate of drug-likeness (QED) is 0.104. The van der Waals surface area contributed by atoms with E-state index in [9.17, 15) is 5.26 Å². The summed E-state index contributed by atoms with van der Waals surface area (Å²) in [6, 6.07) is 24.5. The van der Waals surface area contributed by atoms with E-state index >= 15 is 0 Å². The van der Waals surface area contributed by atoms with Crippen molar-refractivity contribution in [3.05, 3.63) is 78.0 Å². The predicted molar refractivity (Wildman–Crippen MR) is 150 cm³/mol. The van der Waals surface area contributed by atoms with Crippen LogP contribution in [0.1, 0.15) is 11.1 Å². The molecule has 0 saturated carbocycles. The van der Waals surface area contributed by atoms with Crippen LogP contribution >= 0.6 is 0 Å². The molecule has 0 aliphatic carbocycles. The summed E-state index contributed by atoms with van der Waals surface area (Å²) in [6.45, 7) is 2.22. The standard InChI is InChI=1S/C31H26GeN3/c1-18-20-10-6-7-11-21(20)23(17-33)29-26(18)30-27-19(14-15-34(30)5)16-24(32(2,3)4)28-22-12-8-9-13-25(22)35(29)31(27)28/h6-16H,1-5H3/q+1. The van der Waals surface area contributed by atoms with E-state index < -0.39 is 13.3 Å². The summed E-state index contributed by atoms with van der Waals surface area (Å²) in [5.41, 5.74) is 6.69. The van der Waals surface area contributed by atoms with Gasteiger partial charge in [0.1, 0.15) is 0 Å². The van der Waals surface area contributed by atoms with Crippen molar-refractivity contribution in [1.82, 2.24) is 4.40 Å². The second-order valence-corrected chi connectivity index (χ2v) is 21.4. The van der Waals surface area contributed by atoms with Crippen LogP contribution in [0.5, 0.6) is 0 Å². The molecule has 0 bridgehead atoms. The molecule has 0 spiro atoms. The fraction of sp³-hybridized carbons (Fsp3) is 0.161. The molecule has 4 aromatic carbocycles. The van der Waals surface area contributed by atoms with Crippen molar-refractivity contribution in [2.75, 3.05) is 0 Å². The third-order valence-corrected chi connectivity index (χ3v) is 12.1. The molecule has 7 rings (SSSR count). The van der Waals surface area contributed by atoms with E-state index in [4.69, 9.17) is 0 Å². The van der Waals surface area contributed by atoms with Gasteiger partial charge < -0.3 is 0 Å². The molecule has 0 amide bonds. The zero-order valence-electron chi connectivity index (χ0n) is 20.7. The molecule has 3 heterocycles. The van der Waals surface area contributed by atoms with Crippen molar-refractivity contribution in [2.45, 2.75) is 24.2 Å². The van der Waals surface area contributed by atoms with Crippen molar-refractivity contribution in [2.24, 2.45) is 7.05 Å². The number of para-hydroxylation sites is 1. The van der Waals surface area contributed by atoms with Crippen LogP contribution in [-0.2, 0) is 7.05 Å². The molecule has 168 valence electrons. The van der Waals surface area contributed by atoms with Gasteiger partial charge >= 0.3 is 207 Å². The minimum absolute atomic E-state index is 0.759. The first-order valence-electron chi connectivity index (χ1n) is 12.2. The van der Waals surface area contributed by atoms with E-state index in [1.165, 1.54) is 53.4 Å². The zero-order valence-corrected chi connectivity index (χ0v) is 22.8. The Morgan fingerprint density at radius 2 is 1.51 bits per heavy atom. The van der Waals surface area contributed by atoms with Crippen LogP contribution in [0.2, 0.25) is 17.3 Å². The Labute approximate surface area is 206 Å². The van der Waals surface area contributed by atoms with Crippen LogP contribution in [0.3, 0.4) is 0 Å². The second-order valence-electron chi connectivity index (χ2n) is 10.9. The van der Waals surface area contributed by atoms with Gasteiger partial charge in [-0.05, 0) is 0 Å². The Morgan fingerprint density at radius 3 is 2.23 bits per heavy atom. The first-order chi connectivity index (χ1) is 16.8. The third kappa shape index (κ3) is 2.48. The van der Waals surface area contributed by atoms with Gasteiger partial charge in [0.25, 0.3) is 0 Å². The van der Waals surface area contributed by atoms with Gasteiger partial charge in [0.05, 0.1) is 0 Å². The molecule has 0 radical (unpaired) electrons. The fourth-order valence-electron chi connectivity index (χ4n) is 6.35. The molecule has 7 aromatic rings. The Kier molecular flexibility index (Phi) is 3.99. The number of hydrogen-bond acceptors (Lipinski definition) is 1. The van der Waals surface area contributed by atoms with Crippen LogP contribution < -0.4 is 8.96 Å². The molecular formula is C31H26GeN3+. The molecule has 0 atom stereocenters. The molecule has 0 aliphatic rings. The number of pyridine rings is 2. The van der Waals surface area contributed by atoms with Gasteiger partial charge in [-0.3, -0.25) is 0 Å². The molecule has 3 nitrogen and oxygen atoms in total. The second kappa shape index (κ2) is 6.74. The van der Waals surface area contributed by atoms with Gasteiger partial charge in [-0.25, -0.2) is 0 Å². The van der Waals surface area contributed by atoms with Crippen LogP contribution in [0, 0.1) is 18.3 Å². The molecule has 35 heavy (non-hydrogen) atoms. The summed E-state index contributed by atoms with van der Waals surface area (Å²) in [4.78, 5) is 0. The Morgan fingerprint density at radius 1 is 0.829 bits per heavy atom. The van der Waals surface area contributed by atoms with E-state index in [1.54, 1.807) is 0 Å². The van der Waals surface area contributed by atoms with Crippen LogP contribution in [0.25, 0.3) is 59.8 Å². The summed E-state index contributed by atoms with van der Waals surface area (Å²) in [5.74, 6) is 7.44. The van der Waals surface area contributed by atoms with Crippen molar-refractivity contribution < 1.29 is 4.57 Å². The first-order valence-corrected chi connectivity index (χ1v) is 19.5. The van der Waals surface area contributed by atoms with Crippen LogP contribution in [-0.4, -0.2) is 17.7 Å². The number of aryl methyl sites for hydroxylation is 2. The average molecular weight is 513 g/mol. The van der Waals surface area contributed by atoms with Crippen molar-refractivity contribution in [1.29, 1.82) is 5.26 Å². The first kappa shape index (κ1) is 20.7. The number of aromatic nitrogens is 2. The average Bonchev–Trinajstić information content (AvgIpc) is 3.19. The van der Waals surface area contributed by atoms with Gasteiger partial charge in [0.2, 0.25) is 0 Å². The summed E-state index contributed by atoms with van der Waals surface area (Å²) in [7, 11) is 2.14. The third-order valence-electron chi connectivity index (χ3n) is 7.87. The summed E-state index contributed by atoms with van der Waals surface area (Å²) in [6.07, 6.45) is 2.19. The predicted octanol–water partition coefficient (Wildman–Crippen LogP) is 6.69. The van der Waals surface area contributed by atoms with Gasteiger partial charge in [-0.2, -0.15) is 0 Å². The maximum atomic E-state index is 10.6. The van der Waals surface area contributed by atoms with Gasteiger partial charge in [0, 0.05) is 0 Å². The van der Waals surface area contributed by atoms with Crippen molar-refractivity contribution in [3.8, 4) is 6.07 Å². The van der Waals surface area contributed by atoms with Crippen LogP contribution in [0.4, 0.5) is 0 Å². The summed E-state index contributed by atoms with van der Waals surface area (Å²) in [5, 5.41) is 19.2. The molecule has 3 aromatic heterocycles. The fourth-order valence-corrected chi connectivity index (χ4v) is 9.69.